The van der Waals surface area contributed by atoms with Crippen LogP contribution in [0.5, 0.6) is 0 Å². The fourth-order valence-electron chi connectivity index (χ4n) is 6.48. The zero-order valence-corrected chi connectivity index (χ0v) is 26.6. The van der Waals surface area contributed by atoms with E-state index < -0.39 is 23.8 Å². The maximum Gasteiger partial charge on any atom is 0.254 e. The van der Waals surface area contributed by atoms with Gasteiger partial charge in [-0.2, -0.15) is 0 Å². The topological polar surface area (TPSA) is 92.5 Å². The largest absolute Gasteiger partial charge is 0.369 e. The molecule has 0 radical (unpaired) electrons. The number of nitrogens with two attached hydrogens (primary N) is 1. The minimum Gasteiger partial charge on any atom is -0.369 e. The third kappa shape index (κ3) is 7.01. The lowest BCUT2D eigenvalue weighted by molar-refractivity contribution is -0.136. The summed E-state index contributed by atoms with van der Waals surface area (Å²) in [5.41, 5.74) is 13.5. The fraction of sp³-hybridized carbons (Fsp3) is 0.308. The third-order valence-electron chi connectivity index (χ3n) is 8.72. The van der Waals surface area contributed by atoms with Crippen LogP contribution >= 0.6 is 0 Å². The van der Waals surface area contributed by atoms with Crippen LogP contribution in [0.4, 0.5) is 5.69 Å². The van der Waals surface area contributed by atoms with Gasteiger partial charge in [0.2, 0.25) is 11.8 Å². The summed E-state index contributed by atoms with van der Waals surface area (Å²) in [5, 5.41) is 3.12. The highest BCUT2D eigenvalue weighted by atomic mass is 16.2. The molecule has 45 heavy (non-hydrogen) atoms. The van der Waals surface area contributed by atoms with E-state index in [2.05, 4.69) is 48.6 Å². The molecule has 3 atom stereocenters. The zero-order chi connectivity index (χ0) is 32.1. The molecule has 1 heterocycles. The highest BCUT2D eigenvalue weighted by Crippen LogP contribution is 2.41. The number of primary amides is 1. The van der Waals surface area contributed by atoms with Gasteiger partial charge in [0.15, 0.2) is 0 Å². The van der Waals surface area contributed by atoms with Gasteiger partial charge in [0.05, 0.1) is 12.2 Å². The molecule has 0 fully saturated rings. The van der Waals surface area contributed by atoms with Crippen molar-refractivity contribution in [3.05, 3.63) is 114 Å². The molecule has 232 valence electrons. The maximum atomic E-state index is 14.7. The van der Waals surface area contributed by atoms with Crippen molar-refractivity contribution in [2.75, 3.05) is 4.90 Å². The molecule has 6 heteroatoms. The van der Waals surface area contributed by atoms with E-state index in [0.29, 0.717) is 19.4 Å². The van der Waals surface area contributed by atoms with Gasteiger partial charge in [0, 0.05) is 17.4 Å². The van der Waals surface area contributed by atoms with Crippen molar-refractivity contribution in [2.45, 2.75) is 59.5 Å². The Morgan fingerprint density at radius 1 is 0.844 bits per heavy atom. The number of carbonyl (C=O) groups excluding carboxylic acids is 3. The second-order valence-corrected chi connectivity index (χ2v) is 12.6. The molecule has 0 saturated heterocycles. The standard InChI is InChI=1S/C39H43N3O3/c1-5-11-33(37(40)43)34(22-25(2)3)38(44)41-36-32-16-7-6-14-30(32)31-15-8-9-17-35(31)42(39(36)45)24-27-12-10-13-29(23-27)28-20-18-26(4)19-21-28/h6-10,12-21,23,25,33-34,36H,5,11,22,24H2,1-4H3,(H2,40,43)(H,41,44). The predicted molar refractivity (Wildman–Crippen MR) is 181 cm³/mol. The summed E-state index contributed by atoms with van der Waals surface area (Å²) in [6, 6.07) is 31.3. The normalized spacial score (nSPS) is 15.5. The molecule has 1 aliphatic rings. The number of para-hydroxylation sites is 1. The summed E-state index contributed by atoms with van der Waals surface area (Å²) in [4.78, 5) is 43.1. The number of nitrogens with zero attached hydrogens (tertiary/aromatic N) is 1. The second kappa shape index (κ2) is 13.9. The molecule has 3 N–H and O–H groups in total. The molecule has 0 bridgehead atoms. The van der Waals surface area contributed by atoms with Gasteiger partial charge in [0.1, 0.15) is 6.04 Å². The molecule has 0 aliphatic carbocycles. The van der Waals surface area contributed by atoms with Gasteiger partial charge >= 0.3 is 0 Å². The highest BCUT2D eigenvalue weighted by Gasteiger charge is 2.39. The van der Waals surface area contributed by atoms with Crippen LogP contribution in [0.3, 0.4) is 0 Å². The minimum absolute atomic E-state index is 0.165. The van der Waals surface area contributed by atoms with Crippen LogP contribution in [0.2, 0.25) is 0 Å². The number of rotatable bonds is 11. The predicted octanol–water partition coefficient (Wildman–Crippen LogP) is 7.60. The van der Waals surface area contributed by atoms with E-state index in [-0.39, 0.29) is 17.7 Å². The molecule has 4 aromatic carbocycles. The Morgan fingerprint density at radius 2 is 1.53 bits per heavy atom. The molecule has 1 aliphatic heterocycles. The van der Waals surface area contributed by atoms with E-state index >= 15 is 0 Å². The number of nitrogens with one attached hydrogen (secondary N) is 1. The van der Waals surface area contributed by atoms with Crippen LogP contribution in [0.15, 0.2) is 97.1 Å². The van der Waals surface area contributed by atoms with Crippen LogP contribution in [-0.2, 0) is 20.9 Å². The van der Waals surface area contributed by atoms with Gasteiger partial charge in [-0.3, -0.25) is 14.4 Å². The Balaban J connectivity index is 1.55. The molecule has 0 aromatic heterocycles. The molecule has 6 nitrogen and oxygen atoms in total. The highest BCUT2D eigenvalue weighted by molar-refractivity contribution is 6.06. The van der Waals surface area contributed by atoms with Gasteiger partial charge in [0.25, 0.3) is 5.91 Å². The summed E-state index contributed by atoms with van der Waals surface area (Å²) < 4.78 is 0. The Hall–Kier alpha value is -4.71. The summed E-state index contributed by atoms with van der Waals surface area (Å²) in [5.74, 6) is -2.10. The first-order chi connectivity index (χ1) is 21.7. The van der Waals surface area contributed by atoms with Gasteiger partial charge in [-0.15, -0.1) is 0 Å². The van der Waals surface area contributed by atoms with Crippen LogP contribution in [0.1, 0.15) is 62.8 Å². The van der Waals surface area contributed by atoms with Crippen molar-refractivity contribution in [1.29, 1.82) is 0 Å². The minimum atomic E-state index is -0.939. The summed E-state index contributed by atoms with van der Waals surface area (Å²) >= 11 is 0. The van der Waals surface area contributed by atoms with Crippen molar-refractivity contribution in [2.24, 2.45) is 23.5 Å². The molecular weight excluding hydrogens is 558 g/mol. The van der Waals surface area contributed by atoms with E-state index in [9.17, 15) is 14.4 Å². The van der Waals surface area contributed by atoms with Crippen molar-refractivity contribution < 1.29 is 14.4 Å². The number of hydrogen-bond donors (Lipinski definition) is 2. The van der Waals surface area contributed by atoms with Crippen LogP contribution < -0.4 is 16.0 Å². The van der Waals surface area contributed by atoms with E-state index in [1.807, 2.05) is 81.4 Å². The number of benzene rings is 4. The number of amides is 3. The Labute approximate surface area is 266 Å². The quantitative estimate of drug-likeness (QED) is 0.185. The fourth-order valence-corrected chi connectivity index (χ4v) is 6.48. The molecule has 0 saturated carbocycles. The number of carbonyl (C=O) groups is 3. The smallest absolute Gasteiger partial charge is 0.254 e. The van der Waals surface area contributed by atoms with Crippen molar-refractivity contribution in [1.82, 2.24) is 5.32 Å². The molecule has 4 aromatic rings. The van der Waals surface area contributed by atoms with E-state index in [1.54, 1.807) is 4.90 Å². The number of anilines is 1. The lowest BCUT2D eigenvalue weighted by Gasteiger charge is -2.30. The Morgan fingerprint density at radius 3 is 2.22 bits per heavy atom. The van der Waals surface area contributed by atoms with Crippen LogP contribution in [-0.4, -0.2) is 17.7 Å². The first-order valence-corrected chi connectivity index (χ1v) is 15.9. The van der Waals surface area contributed by atoms with Gasteiger partial charge in [-0.25, -0.2) is 0 Å². The molecular formula is C39H43N3O3. The Bertz CT molecular complexity index is 1680. The molecule has 3 amide bonds. The van der Waals surface area contributed by atoms with Crippen molar-refractivity contribution in [3.63, 3.8) is 0 Å². The molecule has 3 unspecified atom stereocenters. The average Bonchev–Trinajstić information content (AvgIpc) is 3.12. The zero-order valence-electron chi connectivity index (χ0n) is 26.6. The summed E-state index contributed by atoms with van der Waals surface area (Å²) in [6.07, 6.45) is 1.74. The number of aryl methyl sites for hydroxylation is 1. The van der Waals surface area contributed by atoms with Crippen molar-refractivity contribution in [3.8, 4) is 22.3 Å². The maximum absolute atomic E-state index is 14.7. The summed E-state index contributed by atoms with van der Waals surface area (Å²) in [7, 11) is 0. The lowest BCUT2D eigenvalue weighted by Crippen LogP contribution is -2.47. The summed E-state index contributed by atoms with van der Waals surface area (Å²) in [6.45, 7) is 8.43. The van der Waals surface area contributed by atoms with Crippen molar-refractivity contribution >= 4 is 23.4 Å². The third-order valence-corrected chi connectivity index (χ3v) is 8.72. The lowest BCUT2D eigenvalue weighted by atomic mass is 9.81. The van der Waals surface area contributed by atoms with E-state index in [4.69, 9.17) is 5.73 Å². The first-order valence-electron chi connectivity index (χ1n) is 15.9. The molecule has 5 rings (SSSR count). The van der Waals surface area contributed by atoms with Gasteiger partial charge in [-0.05, 0) is 65.6 Å². The first kappa shape index (κ1) is 31.7. The van der Waals surface area contributed by atoms with Gasteiger partial charge in [-0.1, -0.05) is 118 Å². The van der Waals surface area contributed by atoms with Crippen LogP contribution in [0, 0.1) is 24.7 Å². The average molecular weight is 602 g/mol. The monoisotopic (exact) mass is 601 g/mol. The SMILES string of the molecule is CCCC(C(N)=O)C(CC(C)C)C(=O)NC1C(=O)N(Cc2cccc(-c3ccc(C)cc3)c2)c2ccccc2-c2ccccc21. The van der Waals surface area contributed by atoms with E-state index in [1.165, 1.54) is 5.56 Å². The molecule has 0 spiro atoms. The van der Waals surface area contributed by atoms with E-state index in [0.717, 1.165) is 45.5 Å². The van der Waals surface area contributed by atoms with Crippen LogP contribution in [0.25, 0.3) is 22.3 Å². The second-order valence-electron chi connectivity index (χ2n) is 12.6. The van der Waals surface area contributed by atoms with Gasteiger partial charge < -0.3 is 16.0 Å². The number of hydrogen-bond acceptors (Lipinski definition) is 3. The number of fused-ring (bicyclic) bond motifs is 3. The Kier molecular flexibility index (Phi) is 9.82.